The zero-order valence-corrected chi connectivity index (χ0v) is 38.3. The van der Waals surface area contributed by atoms with Crippen LogP contribution in [0.1, 0.15) is 0 Å². The van der Waals surface area contributed by atoms with Gasteiger partial charge < -0.3 is 26.8 Å². The van der Waals surface area contributed by atoms with E-state index in [4.69, 9.17) is 17.7 Å². The molecule has 6 nitrogen and oxygen atoms in total. The number of benzene rings is 11. The summed E-state index contributed by atoms with van der Waals surface area (Å²) in [6.07, 6.45) is 0. The minimum atomic E-state index is 0.804. The van der Waals surface area contributed by atoms with Gasteiger partial charge in [-0.1, -0.05) is 109 Å². The van der Waals surface area contributed by atoms with Crippen LogP contribution in [0, 0.1) is 0 Å². The summed E-state index contributed by atoms with van der Waals surface area (Å²) in [4.78, 5) is 0. The first-order chi connectivity index (χ1) is 35.7. The molecule has 17 rings (SSSR count). The van der Waals surface area contributed by atoms with Gasteiger partial charge in [0.2, 0.25) is 0 Å². The monoisotopic (exact) mass is 920 g/mol. The van der Waals surface area contributed by atoms with Crippen LogP contribution >= 0.6 is 0 Å². The highest BCUT2D eigenvalue weighted by Crippen LogP contribution is 2.44. The Labute approximate surface area is 408 Å². The number of rotatable bonds is 4. The second-order valence-corrected chi connectivity index (χ2v) is 19.1. The van der Waals surface area contributed by atoms with E-state index >= 15 is 0 Å². The summed E-state index contributed by atoms with van der Waals surface area (Å²) in [5.41, 5.74) is 17.9. The van der Waals surface area contributed by atoms with E-state index in [2.05, 4.69) is 228 Å². The van der Waals surface area contributed by atoms with Crippen molar-refractivity contribution in [3.8, 4) is 33.6 Å². The standard InChI is InChI=1S/C66H36N2O4/c1-5-13-53-43(9-1)44-10-2-6-14-54(44)67(53)41-23-29-57-49(35-41)47-25-31-61-63(65(47)71-57)51-33-39(21-27-59(51)69-61)37-17-19-38(20-18-37)40-22-28-60-52(34-40)64-62(70-60)32-26-48-50-36-42(24-30-58(50)72-66(48)64)68-55-15-7-3-11-45(55)46-12-4-8-16-56(46)68/h1-36H. The highest BCUT2D eigenvalue weighted by atomic mass is 16.4. The molecule has 6 aromatic heterocycles. The van der Waals surface area contributed by atoms with E-state index in [0.29, 0.717) is 0 Å². The highest BCUT2D eigenvalue weighted by molar-refractivity contribution is 6.24. The first-order valence-electron chi connectivity index (χ1n) is 24.4. The fraction of sp³-hybridized carbons (Fsp3) is 0. The molecule has 0 unspecified atom stereocenters. The lowest BCUT2D eigenvalue weighted by Crippen LogP contribution is -1.93. The van der Waals surface area contributed by atoms with Gasteiger partial charge in [-0.2, -0.15) is 0 Å². The maximum Gasteiger partial charge on any atom is 0.147 e. The van der Waals surface area contributed by atoms with Crippen molar-refractivity contribution < 1.29 is 17.7 Å². The van der Waals surface area contributed by atoms with E-state index in [9.17, 15) is 0 Å². The van der Waals surface area contributed by atoms with Crippen LogP contribution in [0.2, 0.25) is 0 Å². The summed E-state index contributed by atoms with van der Waals surface area (Å²) >= 11 is 0. The number of fused-ring (bicyclic) bond motifs is 20. The van der Waals surface area contributed by atoms with Gasteiger partial charge >= 0.3 is 0 Å². The zero-order valence-electron chi connectivity index (χ0n) is 38.3. The fourth-order valence-corrected chi connectivity index (χ4v) is 12.1. The van der Waals surface area contributed by atoms with Gasteiger partial charge in [-0.15, -0.1) is 0 Å². The van der Waals surface area contributed by atoms with Gasteiger partial charge in [0.15, 0.2) is 0 Å². The van der Waals surface area contributed by atoms with Gasteiger partial charge in [0.25, 0.3) is 0 Å². The van der Waals surface area contributed by atoms with E-state index < -0.39 is 0 Å². The number of furan rings is 4. The topological polar surface area (TPSA) is 62.4 Å². The van der Waals surface area contributed by atoms with Crippen LogP contribution in [0.25, 0.3) is 165 Å². The van der Waals surface area contributed by atoms with E-state index in [1.807, 2.05) is 0 Å². The Morgan fingerprint density at radius 1 is 0.222 bits per heavy atom. The number of aromatic nitrogens is 2. The molecule has 0 saturated heterocycles. The van der Waals surface area contributed by atoms with Crippen molar-refractivity contribution in [2.24, 2.45) is 0 Å². The Bertz CT molecular complexity index is 4740. The fourth-order valence-electron chi connectivity index (χ4n) is 12.1. The Hall–Kier alpha value is -9.78. The van der Waals surface area contributed by atoms with E-state index in [1.54, 1.807) is 0 Å². The molecule has 0 fully saturated rings. The summed E-state index contributed by atoms with van der Waals surface area (Å²) in [7, 11) is 0. The Kier molecular flexibility index (Phi) is 7.38. The summed E-state index contributed by atoms with van der Waals surface area (Å²) < 4.78 is 31.1. The molecule has 17 aromatic rings. The quantitative estimate of drug-likeness (QED) is 0.176. The lowest BCUT2D eigenvalue weighted by Gasteiger charge is -2.07. The van der Waals surface area contributed by atoms with Crippen molar-refractivity contribution >= 4 is 131 Å². The molecule has 0 N–H and O–H groups in total. The van der Waals surface area contributed by atoms with Crippen LogP contribution < -0.4 is 0 Å². The largest absolute Gasteiger partial charge is 0.456 e. The van der Waals surface area contributed by atoms with Crippen LogP contribution in [0.4, 0.5) is 0 Å². The third-order valence-corrected chi connectivity index (χ3v) is 15.3. The van der Waals surface area contributed by atoms with Crippen molar-refractivity contribution in [1.29, 1.82) is 0 Å². The lowest BCUT2D eigenvalue weighted by molar-refractivity contribution is 0.662. The third kappa shape index (κ3) is 5.16. The van der Waals surface area contributed by atoms with Crippen molar-refractivity contribution in [3.63, 3.8) is 0 Å². The second kappa shape index (κ2) is 13.9. The summed E-state index contributed by atoms with van der Waals surface area (Å²) in [6.45, 7) is 0. The van der Waals surface area contributed by atoms with Gasteiger partial charge in [-0.25, -0.2) is 0 Å². The first-order valence-corrected chi connectivity index (χ1v) is 24.4. The van der Waals surface area contributed by atoms with Crippen molar-refractivity contribution in [1.82, 2.24) is 9.13 Å². The Balaban J connectivity index is 0.740. The SMILES string of the molecule is c1ccc2c(c1)c1ccccc1n2-c1ccc2oc3c(ccc4oc5ccc(-c6ccc(-c7ccc8oc9ccc%10c%11cc(-n%12c%13ccccc%13c%13ccccc%13%12)ccc%11oc%10c9c8c7)cc6)cc5c43)c2c1. The predicted molar refractivity (Wildman–Crippen MR) is 295 cm³/mol. The average molecular weight is 921 g/mol. The second-order valence-electron chi connectivity index (χ2n) is 19.1. The van der Waals surface area contributed by atoms with Crippen LogP contribution in [-0.4, -0.2) is 9.13 Å². The molecule has 11 aromatic carbocycles. The molecule has 0 bridgehead atoms. The number of hydrogen-bond donors (Lipinski definition) is 0. The molecule has 0 aliphatic rings. The van der Waals surface area contributed by atoms with Gasteiger partial charge in [0.1, 0.15) is 44.7 Å². The molecule has 334 valence electrons. The molecule has 0 atom stereocenters. The number of hydrogen-bond acceptors (Lipinski definition) is 4. The highest BCUT2D eigenvalue weighted by Gasteiger charge is 2.21. The van der Waals surface area contributed by atoms with Crippen LogP contribution in [0.15, 0.2) is 236 Å². The average Bonchev–Trinajstić information content (AvgIpc) is 4.29. The number of para-hydroxylation sites is 4. The normalized spacial score (nSPS) is 12.4. The molecule has 0 saturated carbocycles. The Morgan fingerprint density at radius 2 is 0.556 bits per heavy atom. The number of nitrogens with zero attached hydrogens (tertiary/aromatic N) is 2. The molecule has 0 aliphatic carbocycles. The van der Waals surface area contributed by atoms with Crippen molar-refractivity contribution in [3.05, 3.63) is 218 Å². The molecule has 0 aliphatic heterocycles. The van der Waals surface area contributed by atoms with Gasteiger partial charge in [0, 0.05) is 65.2 Å². The van der Waals surface area contributed by atoms with Gasteiger partial charge in [-0.3, -0.25) is 0 Å². The maximum absolute atomic E-state index is 6.74. The molecular weight excluding hydrogens is 885 g/mol. The van der Waals surface area contributed by atoms with E-state index in [0.717, 1.165) is 121 Å². The van der Waals surface area contributed by atoms with Crippen molar-refractivity contribution in [2.75, 3.05) is 0 Å². The molecular formula is C66H36N2O4. The van der Waals surface area contributed by atoms with Gasteiger partial charge in [0.05, 0.1) is 32.8 Å². The zero-order chi connectivity index (χ0) is 46.8. The molecule has 0 amide bonds. The van der Waals surface area contributed by atoms with E-state index in [-0.39, 0.29) is 0 Å². The summed E-state index contributed by atoms with van der Waals surface area (Å²) in [5, 5.41) is 13.2. The smallest absolute Gasteiger partial charge is 0.147 e. The minimum absolute atomic E-state index is 0.804. The minimum Gasteiger partial charge on any atom is -0.456 e. The molecule has 72 heavy (non-hydrogen) atoms. The predicted octanol–water partition coefficient (Wildman–Crippen LogP) is 18.8. The van der Waals surface area contributed by atoms with Crippen molar-refractivity contribution in [2.45, 2.75) is 0 Å². The van der Waals surface area contributed by atoms with Gasteiger partial charge in [-0.05, 0) is 131 Å². The lowest BCUT2D eigenvalue weighted by atomic mass is 9.98. The Morgan fingerprint density at radius 3 is 0.958 bits per heavy atom. The molecule has 0 spiro atoms. The third-order valence-electron chi connectivity index (χ3n) is 15.3. The van der Waals surface area contributed by atoms with Crippen LogP contribution in [-0.2, 0) is 0 Å². The van der Waals surface area contributed by atoms with Crippen LogP contribution in [0.3, 0.4) is 0 Å². The van der Waals surface area contributed by atoms with Crippen LogP contribution in [0.5, 0.6) is 0 Å². The summed E-state index contributed by atoms with van der Waals surface area (Å²) in [6, 6.07) is 77.7. The van der Waals surface area contributed by atoms with E-state index in [1.165, 1.54) is 43.6 Å². The maximum atomic E-state index is 6.74. The first kappa shape index (κ1) is 38.1. The summed E-state index contributed by atoms with van der Waals surface area (Å²) in [5.74, 6) is 0. The molecule has 6 heteroatoms. The molecule has 0 radical (unpaired) electrons. The molecule has 6 heterocycles.